The molecule has 0 saturated heterocycles. The Bertz CT molecular complexity index is 882. The molecule has 0 spiro atoms. The van der Waals surface area contributed by atoms with Crippen molar-refractivity contribution in [2.45, 2.75) is 13.0 Å². The SMILES string of the molecule is O=C(Cc1ccccc1F)NCc1ccc2[nH]c(=O)oc2c1. The average Bonchev–Trinajstić information content (AvgIpc) is 2.87. The smallest absolute Gasteiger partial charge is 0.408 e. The number of hydrogen-bond acceptors (Lipinski definition) is 3. The molecule has 0 unspecified atom stereocenters. The first-order valence-electron chi connectivity index (χ1n) is 6.74. The van der Waals surface area contributed by atoms with E-state index in [1.54, 1.807) is 36.4 Å². The van der Waals surface area contributed by atoms with Gasteiger partial charge in [0.05, 0.1) is 11.9 Å². The quantitative estimate of drug-likeness (QED) is 0.775. The summed E-state index contributed by atoms with van der Waals surface area (Å²) in [5, 5.41) is 2.71. The molecule has 0 fully saturated rings. The molecule has 3 rings (SSSR count). The zero-order valence-corrected chi connectivity index (χ0v) is 11.6. The van der Waals surface area contributed by atoms with Gasteiger partial charge in [-0.1, -0.05) is 24.3 Å². The van der Waals surface area contributed by atoms with Crippen molar-refractivity contribution in [3.8, 4) is 0 Å². The van der Waals surface area contributed by atoms with Gasteiger partial charge in [0.15, 0.2) is 5.58 Å². The van der Waals surface area contributed by atoms with E-state index in [0.29, 0.717) is 16.7 Å². The third-order valence-corrected chi connectivity index (χ3v) is 3.28. The number of benzene rings is 2. The lowest BCUT2D eigenvalue weighted by Gasteiger charge is -2.06. The number of nitrogens with one attached hydrogen (secondary N) is 2. The number of aromatic nitrogens is 1. The minimum Gasteiger partial charge on any atom is -0.408 e. The first kappa shape index (κ1) is 14.1. The predicted octanol–water partition coefficient (Wildman–Crippen LogP) is 2.12. The Labute approximate surface area is 124 Å². The van der Waals surface area contributed by atoms with Gasteiger partial charge in [-0.25, -0.2) is 9.18 Å². The topological polar surface area (TPSA) is 75.1 Å². The van der Waals surface area contributed by atoms with E-state index in [4.69, 9.17) is 4.42 Å². The van der Waals surface area contributed by atoms with Gasteiger partial charge in [0, 0.05) is 6.54 Å². The molecule has 2 N–H and O–H groups in total. The van der Waals surface area contributed by atoms with E-state index in [9.17, 15) is 14.0 Å². The van der Waals surface area contributed by atoms with Crippen molar-refractivity contribution in [3.05, 3.63) is 70.0 Å². The summed E-state index contributed by atoms with van der Waals surface area (Å²) in [5.74, 6) is -1.19. The summed E-state index contributed by atoms with van der Waals surface area (Å²) in [7, 11) is 0. The number of halogens is 1. The van der Waals surface area contributed by atoms with Crippen LogP contribution >= 0.6 is 0 Å². The maximum atomic E-state index is 13.5. The molecular weight excluding hydrogens is 287 g/mol. The maximum Gasteiger partial charge on any atom is 0.417 e. The molecule has 112 valence electrons. The van der Waals surface area contributed by atoms with Crippen molar-refractivity contribution in [2.75, 3.05) is 0 Å². The highest BCUT2D eigenvalue weighted by Crippen LogP contribution is 2.12. The summed E-state index contributed by atoms with van der Waals surface area (Å²) >= 11 is 0. The van der Waals surface area contributed by atoms with Crippen LogP contribution < -0.4 is 11.1 Å². The molecule has 0 atom stereocenters. The largest absolute Gasteiger partial charge is 0.417 e. The molecule has 22 heavy (non-hydrogen) atoms. The van der Waals surface area contributed by atoms with Crippen LogP contribution in [0.1, 0.15) is 11.1 Å². The average molecular weight is 300 g/mol. The lowest BCUT2D eigenvalue weighted by molar-refractivity contribution is -0.120. The molecule has 1 heterocycles. The lowest BCUT2D eigenvalue weighted by atomic mass is 10.1. The van der Waals surface area contributed by atoms with E-state index in [1.807, 2.05) is 0 Å². The van der Waals surface area contributed by atoms with E-state index >= 15 is 0 Å². The predicted molar refractivity (Wildman–Crippen MR) is 78.8 cm³/mol. The standard InChI is InChI=1S/C16H13FN2O3/c17-12-4-2-1-3-11(12)8-15(20)18-9-10-5-6-13-14(7-10)22-16(21)19-13/h1-7H,8-9H2,(H,18,20)(H,19,21). The molecule has 0 bridgehead atoms. The van der Waals surface area contributed by atoms with Crippen LogP contribution in [-0.2, 0) is 17.8 Å². The summed E-state index contributed by atoms with van der Waals surface area (Å²) < 4.78 is 18.4. The van der Waals surface area contributed by atoms with Crippen molar-refractivity contribution in [1.29, 1.82) is 0 Å². The van der Waals surface area contributed by atoms with Gasteiger partial charge in [-0.15, -0.1) is 0 Å². The van der Waals surface area contributed by atoms with E-state index in [0.717, 1.165) is 5.56 Å². The van der Waals surface area contributed by atoms with Crippen molar-refractivity contribution in [2.24, 2.45) is 0 Å². The highest BCUT2D eigenvalue weighted by atomic mass is 19.1. The number of aromatic amines is 1. The monoisotopic (exact) mass is 300 g/mol. The van der Waals surface area contributed by atoms with E-state index in [-0.39, 0.29) is 18.9 Å². The van der Waals surface area contributed by atoms with Gasteiger partial charge in [-0.3, -0.25) is 9.78 Å². The number of amides is 1. The Kier molecular flexibility index (Phi) is 3.74. The summed E-state index contributed by atoms with van der Waals surface area (Å²) in [6, 6.07) is 11.3. The van der Waals surface area contributed by atoms with Crippen LogP contribution in [0, 0.1) is 5.82 Å². The van der Waals surface area contributed by atoms with Crippen LogP contribution in [0.4, 0.5) is 4.39 Å². The van der Waals surface area contributed by atoms with Gasteiger partial charge in [0.1, 0.15) is 5.82 Å². The van der Waals surface area contributed by atoms with Crippen LogP contribution in [0.15, 0.2) is 51.7 Å². The molecule has 1 amide bonds. The fraction of sp³-hybridized carbons (Fsp3) is 0.125. The molecule has 5 nitrogen and oxygen atoms in total. The van der Waals surface area contributed by atoms with E-state index in [2.05, 4.69) is 10.3 Å². The third kappa shape index (κ3) is 3.06. The molecule has 0 saturated carbocycles. The summed E-state index contributed by atoms with van der Waals surface area (Å²) in [6.07, 6.45) is -0.0197. The van der Waals surface area contributed by atoms with Crippen molar-refractivity contribution >= 4 is 17.0 Å². The molecular formula is C16H13FN2O3. The number of rotatable bonds is 4. The minimum absolute atomic E-state index is 0.0197. The molecule has 6 heteroatoms. The van der Waals surface area contributed by atoms with Gasteiger partial charge in [0.2, 0.25) is 5.91 Å². The zero-order chi connectivity index (χ0) is 15.5. The van der Waals surface area contributed by atoms with Crippen molar-refractivity contribution in [1.82, 2.24) is 10.3 Å². The van der Waals surface area contributed by atoms with Crippen LogP contribution in [-0.4, -0.2) is 10.9 Å². The first-order valence-corrected chi connectivity index (χ1v) is 6.74. The van der Waals surface area contributed by atoms with Gasteiger partial charge < -0.3 is 9.73 Å². The van der Waals surface area contributed by atoms with Crippen molar-refractivity contribution in [3.63, 3.8) is 0 Å². The number of carbonyl (C=O) groups is 1. The molecule has 1 aromatic heterocycles. The molecule has 2 aromatic carbocycles. The second-order valence-electron chi connectivity index (χ2n) is 4.89. The number of carbonyl (C=O) groups excluding carboxylic acids is 1. The fourth-order valence-corrected chi connectivity index (χ4v) is 2.18. The number of fused-ring (bicyclic) bond motifs is 1. The third-order valence-electron chi connectivity index (χ3n) is 3.28. The summed E-state index contributed by atoms with van der Waals surface area (Å²) in [4.78, 5) is 25.5. The molecule has 0 radical (unpaired) electrons. The Hall–Kier alpha value is -2.89. The van der Waals surface area contributed by atoms with E-state index < -0.39 is 11.6 Å². The number of oxazole rings is 1. The molecule has 0 aliphatic heterocycles. The Morgan fingerprint density at radius 3 is 2.86 bits per heavy atom. The fourth-order valence-electron chi connectivity index (χ4n) is 2.18. The van der Waals surface area contributed by atoms with Crippen molar-refractivity contribution < 1.29 is 13.6 Å². The van der Waals surface area contributed by atoms with Crippen LogP contribution in [0.2, 0.25) is 0 Å². The Balaban J connectivity index is 1.64. The van der Waals surface area contributed by atoms with Crippen LogP contribution in [0.25, 0.3) is 11.1 Å². The molecule has 3 aromatic rings. The van der Waals surface area contributed by atoms with Gasteiger partial charge in [-0.2, -0.15) is 0 Å². The molecule has 0 aliphatic rings. The second-order valence-corrected chi connectivity index (χ2v) is 4.89. The zero-order valence-electron chi connectivity index (χ0n) is 11.6. The maximum absolute atomic E-state index is 13.5. The minimum atomic E-state index is -0.518. The van der Waals surface area contributed by atoms with E-state index in [1.165, 1.54) is 6.07 Å². The van der Waals surface area contributed by atoms with Gasteiger partial charge >= 0.3 is 5.76 Å². The summed E-state index contributed by atoms with van der Waals surface area (Å²) in [6.45, 7) is 0.276. The molecule has 0 aliphatic carbocycles. The Morgan fingerprint density at radius 2 is 2.05 bits per heavy atom. The first-order chi connectivity index (χ1) is 10.6. The van der Waals surface area contributed by atoms with Crippen LogP contribution in [0.5, 0.6) is 0 Å². The number of hydrogen-bond donors (Lipinski definition) is 2. The number of H-pyrrole nitrogens is 1. The highest BCUT2D eigenvalue weighted by Gasteiger charge is 2.08. The lowest BCUT2D eigenvalue weighted by Crippen LogP contribution is -2.24. The second kappa shape index (κ2) is 5.85. The van der Waals surface area contributed by atoms with Gasteiger partial charge in [0.25, 0.3) is 0 Å². The normalized spacial score (nSPS) is 10.8. The van der Waals surface area contributed by atoms with Crippen LogP contribution in [0.3, 0.4) is 0 Å². The van der Waals surface area contributed by atoms with Gasteiger partial charge in [-0.05, 0) is 29.3 Å². The summed E-state index contributed by atoms with van der Waals surface area (Å²) in [5.41, 5.74) is 2.18. The Morgan fingerprint density at radius 1 is 1.23 bits per heavy atom. The highest BCUT2D eigenvalue weighted by molar-refractivity contribution is 5.79.